The largest absolute Gasteiger partial charge is 0.365 e. The molecule has 54 valence electrons. The summed E-state index contributed by atoms with van der Waals surface area (Å²) in [6.07, 6.45) is 1.51. The third-order valence-electron chi connectivity index (χ3n) is 1.86. The summed E-state index contributed by atoms with van der Waals surface area (Å²) in [5.41, 5.74) is 0. The number of piperidine rings is 1. The molecule has 1 rings (SSSR count). The van der Waals surface area contributed by atoms with E-state index in [1.807, 2.05) is 0 Å². The van der Waals surface area contributed by atoms with Crippen LogP contribution in [0.3, 0.4) is 0 Å². The monoisotopic (exact) mass is 132 g/mol. The molecule has 0 aliphatic carbocycles. The van der Waals surface area contributed by atoms with E-state index < -0.39 is 5.79 Å². The lowest BCUT2D eigenvalue weighted by Crippen LogP contribution is -2.88. The summed E-state index contributed by atoms with van der Waals surface area (Å²) in [6.45, 7) is 1.95. The van der Waals surface area contributed by atoms with Gasteiger partial charge in [-0.15, -0.1) is 0 Å². The third-order valence-corrected chi connectivity index (χ3v) is 1.86. The summed E-state index contributed by atoms with van der Waals surface area (Å²) >= 11 is 0. The molecule has 1 aliphatic heterocycles. The molecule has 0 bridgehead atoms. The predicted molar refractivity (Wildman–Crippen MR) is 32.9 cm³/mol. The highest BCUT2D eigenvalue weighted by Gasteiger charge is 2.30. The lowest BCUT2D eigenvalue weighted by Gasteiger charge is -2.28. The zero-order valence-electron chi connectivity index (χ0n) is 5.76. The van der Waals surface area contributed by atoms with E-state index in [2.05, 4.69) is 5.32 Å². The molecule has 3 nitrogen and oxygen atoms in total. The SMILES string of the molecule is COC1(O)CC[NH2+]CC1. The second-order valence-electron chi connectivity index (χ2n) is 2.52. The summed E-state index contributed by atoms with van der Waals surface area (Å²) in [5.74, 6) is -0.811. The molecule has 0 aromatic rings. The fraction of sp³-hybridized carbons (Fsp3) is 1.00. The summed E-state index contributed by atoms with van der Waals surface area (Å²) in [4.78, 5) is 0. The first kappa shape index (κ1) is 6.99. The van der Waals surface area contributed by atoms with Gasteiger partial charge < -0.3 is 15.2 Å². The van der Waals surface area contributed by atoms with Gasteiger partial charge in [0.2, 0.25) is 0 Å². The molecule has 1 aliphatic rings. The van der Waals surface area contributed by atoms with Gasteiger partial charge >= 0.3 is 0 Å². The van der Waals surface area contributed by atoms with Crippen molar-refractivity contribution >= 4 is 0 Å². The Morgan fingerprint density at radius 3 is 2.33 bits per heavy atom. The summed E-state index contributed by atoms with van der Waals surface area (Å²) in [7, 11) is 1.56. The summed E-state index contributed by atoms with van der Waals surface area (Å²) < 4.78 is 4.91. The van der Waals surface area contributed by atoms with E-state index in [-0.39, 0.29) is 0 Å². The highest BCUT2D eigenvalue weighted by Crippen LogP contribution is 2.14. The number of rotatable bonds is 1. The van der Waals surface area contributed by atoms with Crippen molar-refractivity contribution in [3.63, 3.8) is 0 Å². The molecule has 0 spiro atoms. The van der Waals surface area contributed by atoms with Crippen molar-refractivity contribution in [1.82, 2.24) is 0 Å². The molecular weight excluding hydrogens is 118 g/mol. The first-order valence-electron chi connectivity index (χ1n) is 3.36. The van der Waals surface area contributed by atoms with E-state index in [0.717, 1.165) is 25.9 Å². The minimum absolute atomic E-state index is 0.753. The van der Waals surface area contributed by atoms with E-state index in [1.165, 1.54) is 0 Å². The van der Waals surface area contributed by atoms with Crippen molar-refractivity contribution in [2.45, 2.75) is 18.6 Å². The zero-order valence-corrected chi connectivity index (χ0v) is 5.76. The third kappa shape index (κ3) is 1.64. The Kier molecular flexibility index (Phi) is 2.05. The molecule has 0 aromatic heterocycles. The van der Waals surface area contributed by atoms with Crippen LogP contribution in [0.2, 0.25) is 0 Å². The van der Waals surface area contributed by atoms with Crippen LogP contribution < -0.4 is 5.32 Å². The topological polar surface area (TPSA) is 46.1 Å². The Morgan fingerprint density at radius 1 is 1.44 bits per heavy atom. The Hall–Kier alpha value is -0.120. The minimum Gasteiger partial charge on any atom is -0.365 e. The van der Waals surface area contributed by atoms with E-state index in [4.69, 9.17) is 4.74 Å². The van der Waals surface area contributed by atoms with Crippen LogP contribution in [-0.2, 0) is 4.74 Å². The van der Waals surface area contributed by atoms with Crippen LogP contribution in [0.1, 0.15) is 12.8 Å². The van der Waals surface area contributed by atoms with E-state index >= 15 is 0 Å². The maximum atomic E-state index is 9.44. The van der Waals surface area contributed by atoms with Gasteiger partial charge in [0.15, 0.2) is 5.79 Å². The molecule has 9 heavy (non-hydrogen) atoms. The Morgan fingerprint density at radius 2 is 2.00 bits per heavy atom. The molecule has 1 saturated heterocycles. The standard InChI is InChI=1S/C6H13NO2/c1-9-6(8)2-4-7-5-3-6/h7-8H,2-5H2,1H3/p+1. The average molecular weight is 132 g/mol. The van der Waals surface area contributed by atoms with Crippen LogP contribution >= 0.6 is 0 Å². The predicted octanol–water partition coefficient (Wildman–Crippen LogP) is -1.32. The highest BCUT2D eigenvalue weighted by atomic mass is 16.6. The number of ether oxygens (including phenoxy) is 1. The normalized spacial score (nSPS) is 26.0. The van der Waals surface area contributed by atoms with Gasteiger partial charge in [0.25, 0.3) is 0 Å². The maximum absolute atomic E-state index is 9.44. The van der Waals surface area contributed by atoms with Gasteiger partial charge in [-0.2, -0.15) is 0 Å². The first-order valence-corrected chi connectivity index (χ1v) is 3.36. The van der Waals surface area contributed by atoms with Gasteiger partial charge in [-0.1, -0.05) is 0 Å². The molecule has 0 saturated carbocycles. The number of quaternary nitrogens is 1. The summed E-state index contributed by atoms with van der Waals surface area (Å²) in [5, 5.41) is 11.6. The zero-order chi connectivity index (χ0) is 6.74. The molecule has 0 atom stereocenters. The molecule has 1 fully saturated rings. The van der Waals surface area contributed by atoms with Crippen LogP contribution in [0.15, 0.2) is 0 Å². The van der Waals surface area contributed by atoms with Gasteiger partial charge in [-0.05, 0) is 0 Å². The van der Waals surface area contributed by atoms with Crippen molar-refractivity contribution < 1.29 is 15.2 Å². The molecule has 0 amide bonds. The van der Waals surface area contributed by atoms with Gasteiger partial charge in [-0.3, -0.25) is 0 Å². The lowest BCUT2D eigenvalue weighted by atomic mass is 10.1. The molecule has 3 heteroatoms. The van der Waals surface area contributed by atoms with Gasteiger partial charge in [-0.25, -0.2) is 0 Å². The number of methoxy groups -OCH3 is 1. The molecule has 0 radical (unpaired) electrons. The van der Waals surface area contributed by atoms with Gasteiger partial charge in [0.05, 0.1) is 25.9 Å². The Balaban J connectivity index is 2.37. The summed E-state index contributed by atoms with van der Waals surface area (Å²) in [6, 6.07) is 0. The smallest absolute Gasteiger partial charge is 0.175 e. The second kappa shape index (κ2) is 2.64. The van der Waals surface area contributed by atoms with E-state index in [0.29, 0.717) is 0 Å². The van der Waals surface area contributed by atoms with E-state index in [9.17, 15) is 5.11 Å². The highest BCUT2D eigenvalue weighted by molar-refractivity contribution is 4.67. The number of aliphatic hydroxyl groups is 1. The molecule has 3 N–H and O–H groups in total. The Labute approximate surface area is 55.0 Å². The molecule has 0 unspecified atom stereocenters. The fourth-order valence-electron chi connectivity index (χ4n) is 1.13. The quantitative estimate of drug-likeness (QED) is 0.435. The molecule has 1 heterocycles. The van der Waals surface area contributed by atoms with Crippen LogP contribution in [0, 0.1) is 0 Å². The Bertz CT molecular complexity index is 89.1. The van der Waals surface area contributed by atoms with Crippen LogP contribution in [0.25, 0.3) is 0 Å². The van der Waals surface area contributed by atoms with Crippen LogP contribution in [0.5, 0.6) is 0 Å². The van der Waals surface area contributed by atoms with Crippen molar-refractivity contribution in [3.05, 3.63) is 0 Å². The first-order chi connectivity index (χ1) is 4.27. The second-order valence-corrected chi connectivity index (χ2v) is 2.52. The number of hydrogen-bond donors (Lipinski definition) is 2. The molecule has 0 aromatic carbocycles. The van der Waals surface area contributed by atoms with Crippen molar-refractivity contribution in [2.75, 3.05) is 20.2 Å². The molecular formula is C6H14NO2+. The van der Waals surface area contributed by atoms with Crippen LogP contribution in [0.4, 0.5) is 0 Å². The average Bonchev–Trinajstić information content (AvgIpc) is 1.90. The lowest BCUT2D eigenvalue weighted by molar-refractivity contribution is -0.672. The number of hydrogen-bond acceptors (Lipinski definition) is 2. The fourth-order valence-corrected chi connectivity index (χ4v) is 1.13. The van der Waals surface area contributed by atoms with E-state index in [1.54, 1.807) is 7.11 Å². The maximum Gasteiger partial charge on any atom is 0.175 e. The van der Waals surface area contributed by atoms with Gasteiger partial charge in [0, 0.05) is 7.11 Å². The van der Waals surface area contributed by atoms with Crippen molar-refractivity contribution in [3.8, 4) is 0 Å². The van der Waals surface area contributed by atoms with Crippen molar-refractivity contribution in [2.24, 2.45) is 0 Å². The van der Waals surface area contributed by atoms with Crippen molar-refractivity contribution in [1.29, 1.82) is 0 Å². The number of nitrogens with two attached hydrogens (primary N) is 1. The minimum atomic E-state index is -0.811. The van der Waals surface area contributed by atoms with Crippen LogP contribution in [-0.4, -0.2) is 31.1 Å². The van der Waals surface area contributed by atoms with Gasteiger partial charge in [0.1, 0.15) is 0 Å².